The lowest BCUT2D eigenvalue weighted by atomic mass is 9.90. The van der Waals surface area contributed by atoms with Crippen molar-refractivity contribution in [2.45, 2.75) is 18.4 Å². The van der Waals surface area contributed by atoms with Gasteiger partial charge in [0.2, 0.25) is 11.4 Å². The van der Waals surface area contributed by atoms with Gasteiger partial charge in [-0.2, -0.15) is 4.98 Å². The number of nitrogens with one attached hydrogen (secondary N) is 1. The molecule has 0 aliphatic carbocycles. The van der Waals surface area contributed by atoms with Crippen LogP contribution < -0.4 is 5.56 Å². The van der Waals surface area contributed by atoms with E-state index in [0.717, 1.165) is 0 Å². The van der Waals surface area contributed by atoms with Gasteiger partial charge in [-0.25, -0.2) is 0 Å². The first-order valence-corrected chi connectivity index (χ1v) is 8.90. The van der Waals surface area contributed by atoms with Crippen molar-refractivity contribution >= 4 is 5.91 Å². The van der Waals surface area contributed by atoms with Gasteiger partial charge in [-0.3, -0.25) is 14.6 Å². The van der Waals surface area contributed by atoms with Crippen LogP contribution in [0, 0.1) is 0 Å². The highest BCUT2D eigenvalue weighted by Gasteiger charge is 2.42. The van der Waals surface area contributed by atoms with E-state index in [-0.39, 0.29) is 11.5 Å². The number of carbonyl (C=O) groups is 1. The van der Waals surface area contributed by atoms with Gasteiger partial charge in [-0.05, 0) is 18.2 Å². The molecule has 1 fully saturated rings. The normalized spacial score (nSPS) is 16.1. The number of nitrogens with zero attached hydrogens (tertiary/aromatic N) is 4. The maximum Gasteiger partial charge on any atom is 0.259 e. The van der Waals surface area contributed by atoms with Crippen molar-refractivity contribution in [1.82, 2.24) is 25.0 Å². The number of rotatable bonds is 4. The molecular formula is C19H19N5O4. The average Bonchev–Trinajstić information content (AvgIpc) is 3.25. The first-order chi connectivity index (χ1) is 13.6. The molecule has 3 aromatic rings. The molecular weight excluding hydrogens is 362 g/mol. The molecule has 0 aromatic carbocycles. The molecule has 0 unspecified atom stereocenters. The van der Waals surface area contributed by atoms with Gasteiger partial charge >= 0.3 is 0 Å². The van der Waals surface area contributed by atoms with Crippen LogP contribution in [-0.2, 0) is 10.3 Å². The van der Waals surface area contributed by atoms with Gasteiger partial charge < -0.3 is 19.1 Å². The molecule has 1 aliphatic rings. The molecule has 1 aliphatic heterocycles. The highest BCUT2D eigenvalue weighted by molar-refractivity contribution is 5.93. The van der Waals surface area contributed by atoms with Crippen LogP contribution in [0.25, 0.3) is 11.5 Å². The van der Waals surface area contributed by atoms with Crippen LogP contribution >= 0.6 is 0 Å². The third-order valence-electron chi connectivity index (χ3n) is 4.99. The Morgan fingerprint density at radius 1 is 1.25 bits per heavy atom. The van der Waals surface area contributed by atoms with E-state index < -0.39 is 5.60 Å². The largest absolute Gasteiger partial charge is 0.368 e. The molecule has 0 atom stereocenters. The van der Waals surface area contributed by atoms with Crippen LogP contribution in [0.2, 0.25) is 0 Å². The van der Waals surface area contributed by atoms with Crippen molar-refractivity contribution in [2.75, 3.05) is 20.2 Å². The van der Waals surface area contributed by atoms with E-state index in [1.54, 1.807) is 24.3 Å². The zero-order valence-electron chi connectivity index (χ0n) is 15.3. The van der Waals surface area contributed by atoms with E-state index in [0.29, 0.717) is 48.9 Å². The highest BCUT2D eigenvalue weighted by Crippen LogP contribution is 2.36. The fraction of sp³-hybridized carbons (Fsp3) is 0.316. The molecule has 1 amide bonds. The summed E-state index contributed by atoms with van der Waals surface area (Å²) in [6, 6.07) is 8.34. The van der Waals surface area contributed by atoms with E-state index in [1.807, 2.05) is 12.1 Å². The Morgan fingerprint density at radius 2 is 2.07 bits per heavy atom. The van der Waals surface area contributed by atoms with Gasteiger partial charge in [-0.15, -0.1) is 0 Å². The van der Waals surface area contributed by atoms with Gasteiger partial charge in [0.15, 0.2) is 0 Å². The van der Waals surface area contributed by atoms with Gasteiger partial charge in [0.25, 0.3) is 11.8 Å². The minimum Gasteiger partial charge on any atom is -0.368 e. The summed E-state index contributed by atoms with van der Waals surface area (Å²) in [6.45, 7) is 0.931. The fourth-order valence-corrected chi connectivity index (χ4v) is 3.31. The first-order valence-electron chi connectivity index (χ1n) is 8.90. The van der Waals surface area contributed by atoms with Gasteiger partial charge in [0.1, 0.15) is 11.3 Å². The molecule has 9 heteroatoms. The predicted molar refractivity (Wildman–Crippen MR) is 98.4 cm³/mol. The van der Waals surface area contributed by atoms with Crippen LogP contribution in [0.4, 0.5) is 0 Å². The van der Waals surface area contributed by atoms with E-state index >= 15 is 0 Å². The number of hydrogen-bond acceptors (Lipinski definition) is 7. The summed E-state index contributed by atoms with van der Waals surface area (Å²) < 4.78 is 11.2. The number of carbonyl (C=O) groups excluding carboxylic acids is 1. The summed E-state index contributed by atoms with van der Waals surface area (Å²) in [4.78, 5) is 36.8. The number of likely N-dealkylation sites (tertiary alicyclic amines) is 1. The minimum atomic E-state index is -0.748. The minimum absolute atomic E-state index is 0.138. The lowest BCUT2D eigenvalue weighted by molar-refractivity contribution is -0.0779. The molecule has 4 heterocycles. The standard InChI is InChI=1S/C19H19N5O4/c1-27-19(18-22-16(23-28-18)14-4-2-3-9-20-14)7-10-24(11-8-19)17(26)13-5-6-15(25)21-12-13/h2-6,9,12H,7-8,10-11H2,1H3,(H,21,25). The Balaban J connectivity index is 1.50. The van der Waals surface area contributed by atoms with Crippen molar-refractivity contribution in [2.24, 2.45) is 0 Å². The second-order valence-electron chi connectivity index (χ2n) is 6.57. The monoisotopic (exact) mass is 381 g/mol. The SMILES string of the molecule is COC1(c2nc(-c3ccccn3)no2)CCN(C(=O)c2ccc(=O)[nH]c2)CC1. The topological polar surface area (TPSA) is 114 Å². The van der Waals surface area contributed by atoms with Crippen LogP contribution in [0.3, 0.4) is 0 Å². The third-order valence-corrected chi connectivity index (χ3v) is 4.99. The number of hydrogen-bond donors (Lipinski definition) is 1. The number of aromatic nitrogens is 4. The van der Waals surface area contributed by atoms with Crippen molar-refractivity contribution in [3.05, 3.63) is 64.5 Å². The number of amides is 1. The smallest absolute Gasteiger partial charge is 0.259 e. The molecule has 28 heavy (non-hydrogen) atoms. The Kier molecular flexibility index (Phi) is 4.74. The molecule has 3 aromatic heterocycles. The van der Waals surface area contributed by atoms with Crippen molar-refractivity contribution in [1.29, 1.82) is 0 Å². The third kappa shape index (κ3) is 3.31. The molecule has 144 valence electrons. The van der Waals surface area contributed by atoms with Crippen molar-refractivity contribution in [3.63, 3.8) is 0 Å². The quantitative estimate of drug-likeness (QED) is 0.730. The number of H-pyrrole nitrogens is 1. The summed E-state index contributed by atoms with van der Waals surface area (Å²) in [5.74, 6) is 0.645. The second-order valence-corrected chi connectivity index (χ2v) is 6.57. The molecule has 4 rings (SSSR count). The lowest BCUT2D eigenvalue weighted by Crippen LogP contribution is -2.46. The molecule has 0 saturated carbocycles. The van der Waals surface area contributed by atoms with Crippen molar-refractivity contribution < 1.29 is 14.1 Å². The lowest BCUT2D eigenvalue weighted by Gasteiger charge is -2.38. The molecule has 0 bridgehead atoms. The second kappa shape index (κ2) is 7.35. The van der Waals surface area contributed by atoms with Crippen LogP contribution in [0.1, 0.15) is 29.1 Å². The van der Waals surface area contributed by atoms with Gasteiger partial charge in [0, 0.05) is 51.5 Å². The summed E-state index contributed by atoms with van der Waals surface area (Å²) in [7, 11) is 1.60. The Bertz CT molecular complexity index is 1000. The van der Waals surface area contributed by atoms with Gasteiger partial charge in [0.05, 0.1) is 5.56 Å². The van der Waals surface area contributed by atoms with Crippen LogP contribution in [0.15, 0.2) is 52.0 Å². The van der Waals surface area contributed by atoms with E-state index in [4.69, 9.17) is 9.26 Å². The Labute approximate surface area is 160 Å². The number of methoxy groups -OCH3 is 1. The molecule has 9 nitrogen and oxygen atoms in total. The fourth-order valence-electron chi connectivity index (χ4n) is 3.31. The highest BCUT2D eigenvalue weighted by atomic mass is 16.5. The Hall–Kier alpha value is -3.33. The maximum atomic E-state index is 12.6. The summed E-state index contributed by atoms with van der Waals surface area (Å²) in [6.07, 6.45) is 4.13. The van der Waals surface area contributed by atoms with Crippen LogP contribution in [0.5, 0.6) is 0 Å². The summed E-state index contributed by atoms with van der Waals surface area (Å²) in [5, 5.41) is 4.02. The Morgan fingerprint density at radius 3 is 2.71 bits per heavy atom. The molecule has 0 radical (unpaired) electrons. The number of aromatic amines is 1. The van der Waals surface area contributed by atoms with Crippen molar-refractivity contribution in [3.8, 4) is 11.5 Å². The maximum absolute atomic E-state index is 12.6. The summed E-state index contributed by atoms with van der Waals surface area (Å²) in [5.41, 5.74) is 0.0739. The number of pyridine rings is 2. The number of piperidine rings is 1. The zero-order chi connectivity index (χ0) is 19.6. The molecule has 1 N–H and O–H groups in total. The van der Waals surface area contributed by atoms with E-state index in [9.17, 15) is 9.59 Å². The van der Waals surface area contributed by atoms with Gasteiger partial charge in [-0.1, -0.05) is 11.2 Å². The first kappa shape index (κ1) is 18.1. The van der Waals surface area contributed by atoms with E-state index in [1.165, 1.54) is 18.3 Å². The predicted octanol–water partition coefficient (Wildman–Crippen LogP) is 1.60. The zero-order valence-corrected chi connectivity index (χ0v) is 15.3. The molecule has 0 spiro atoms. The average molecular weight is 381 g/mol. The van der Waals surface area contributed by atoms with E-state index in [2.05, 4.69) is 20.1 Å². The number of ether oxygens (including phenoxy) is 1. The molecule has 1 saturated heterocycles. The summed E-state index contributed by atoms with van der Waals surface area (Å²) >= 11 is 0. The van der Waals surface area contributed by atoms with Crippen LogP contribution in [-0.4, -0.2) is 51.1 Å².